The highest BCUT2D eigenvalue weighted by molar-refractivity contribution is 5.84. The summed E-state index contributed by atoms with van der Waals surface area (Å²) in [5.41, 5.74) is 2.08. The minimum atomic E-state index is -4.36. The molecule has 0 aliphatic carbocycles. The minimum absolute atomic E-state index is 0.229. The number of aliphatic hydroxyl groups is 1. The van der Waals surface area contributed by atoms with E-state index in [2.05, 4.69) is 5.10 Å². The van der Waals surface area contributed by atoms with Gasteiger partial charge in [-0.1, -0.05) is 11.6 Å². The first kappa shape index (κ1) is 14.6. The lowest BCUT2D eigenvalue weighted by molar-refractivity contribution is -0.137. The van der Waals surface area contributed by atoms with Crippen LogP contribution in [0.3, 0.4) is 0 Å². The van der Waals surface area contributed by atoms with Crippen LogP contribution in [-0.2, 0) is 12.8 Å². The summed E-state index contributed by atoms with van der Waals surface area (Å²) in [5, 5.41) is 14.5. The summed E-state index contributed by atoms with van der Waals surface area (Å²) in [7, 11) is 0. The lowest BCUT2D eigenvalue weighted by Crippen LogP contribution is -2.05. The molecule has 0 saturated heterocycles. The molecule has 6 heteroatoms. The van der Waals surface area contributed by atoms with Crippen molar-refractivity contribution < 1.29 is 18.3 Å². The predicted molar refractivity (Wildman–Crippen MR) is 76.7 cm³/mol. The Balaban J connectivity index is 2.14. The van der Waals surface area contributed by atoms with Crippen molar-refractivity contribution in [3.05, 3.63) is 59.3 Å². The molecule has 3 nitrogen and oxygen atoms in total. The third-order valence-electron chi connectivity index (χ3n) is 3.50. The summed E-state index contributed by atoms with van der Waals surface area (Å²) in [6.07, 6.45) is -4.36. The lowest BCUT2D eigenvalue weighted by Gasteiger charge is -2.08. The number of fused-ring (bicyclic) bond motifs is 1. The molecular formula is C16H13F3N2O. The van der Waals surface area contributed by atoms with Gasteiger partial charge in [0.25, 0.3) is 0 Å². The van der Waals surface area contributed by atoms with E-state index in [1.54, 1.807) is 4.68 Å². The lowest BCUT2D eigenvalue weighted by atomic mass is 10.1. The fourth-order valence-corrected chi connectivity index (χ4v) is 2.40. The van der Waals surface area contributed by atoms with E-state index in [0.29, 0.717) is 11.4 Å². The van der Waals surface area contributed by atoms with Gasteiger partial charge in [-0.3, -0.25) is 0 Å². The van der Waals surface area contributed by atoms with Crippen molar-refractivity contribution in [1.82, 2.24) is 9.78 Å². The van der Waals surface area contributed by atoms with E-state index < -0.39 is 11.7 Å². The molecule has 22 heavy (non-hydrogen) atoms. The molecule has 1 heterocycles. The molecule has 114 valence electrons. The van der Waals surface area contributed by atoms with Gasteiger partial charge in [0.2, 0.25) is 0 Å². The van der Waals surface area contributed by atoms with Gasteiger partial charge in [-0.05, 0) is 43.3 Å². The zero-order valence-corrected chi connectivity index (χ0v) is 11.7. The number of benzene rings is 2. The number of hydrogen-bond acceptors (Lipinski definition) is 2. The van der Waals surface area contributed by atoms with E-state index in [9.17, 15) is 18.3 Å². The quantitative estimate of drug-likeness (QED) is 0.781. The predicted octanol–water partition coefficient (Wildman–Crippen LogP) is 3.85. The van der Waals surface area contributed by atoms with Crippen LogP contribution in [0.5, 0.6) is 0 Å². The molecule has 3 rings (SSSR count). The number of alkyl halides is 3. The van der Waals surface area contributed by atoms with Crippen LogP contribution in [-0.4, -0.2) is 14.9 Å². The summed E-state index contributed by atoms with van der Waals surface area (Å²) in [4.78, 5) is 0. The van der Waals surface area contributed by atoms with Crippen molar-refractivity contribution >= 4 is 10.9 Å². The van der Waals surface area contributed by atoms with E-state index in [1.807, 2.05) is 25.1 Å². The second-order valence-electron chi connectivity index (χ2n) is 5.08. The molecule has 0 radical (unpaired) electrons. The Morgan fingerprint density at radius 3 is 2.36 bits per heavy atom. The van der Waals surface area contributed by atoms with E-state index in [-0.39, 0.29) is 6.61 Å². The second-order valence-corrected chi connectivity index (χ2v) is 5.08. The number of rotatable bonds is 2. The zero-order valence-electron chi connectivity index (χ0n) is 11.7. The molecule has 0 saturated carbocycles. The molecule has 0 aliphatic rings. The van der Waals surface area contributed by atoms with Crippen molar-refractivity contribution in [2.75, 3.05) is 0 Å². The van der Waals surface area contributed by atoms with Crippen LogP contribution in [0.4, 0.5) is 13.2 Å². The largest absolute Gasteiger partial charge is 0.416 e. The highest BCUT2D eigenvalue weighted by atomic mass is 19.4. The summed E-state index contributed by atoms with van der Waals surface area (Å²) in [6, 6.07) is 10.4. The molecule has 2 aromatic carbocycles. The van der Waals surface area contributed by atoms with E-state index in [4.69, 9.17) is 0 Å². The third kappa shape index (κ3) is 2.46. The number of aromatic nitrogens is 2. The Kier molecular flexibility index (Phi) is 3.41. The van der Waals surface area contributed by atoms with Gasteiger partial charge in [0.1, 0.15) is 0 Å². The Labute approximate surface area is 124 Å². The molecule has 0 aliphatic heterocycles. The first-order valence-corrected chi connectivity index (χ1v) is 6.67. The van der Waals surface area contributed by atoms with E-state index >= 15 is 0 Å². The van der Waals surface area contributed by atoms with Gasteiger partial charge in [0.05, 0.1) is 29.1 Å². The molecule has 1 aromatic heterocycles. The van der Waals surface area contributed by atoms with E-state index in [0.717, 1.165) is 28.6 Å². The smallest absolute Gasteiger partial charge is 0.390 e. The van der Waals surface area contributed by atoms with Gasteiger partial charge in [-0.15, -0.1) is 0 Å². The average molecular weight is 306 g/mol. The third-order valence-corrected chi connectivity index (χ3v) is 3.50. The maximum Gasteiger partial charge on any atom is 0.416 e. The van der Waals surface area contributed by atoms with Gasteiger partial charge in [0, 0.05) is 5.39 Å². The highest BCUT2D eigenvalue weighted by Gasteiger charge is 2.30. The Hall–Kier alpha value is -2.34. The van der Waals surface area contributed by atoms with E-state index in [1.165, 1.54) is 12.1 Å². The normalized spacial score (nSPS) is 12.0. The van der Waals surface area contributed by atoms with Crippen molar-refractivity contribution in [3.63, 3.8) is 0 Å². The molecule has 1 N–H and O–H groups in total. The van der Waals surface area contributed by atoms with Crippen LogP contribution in [0.15, 0.2) is 42.5 Å². The summed E-state index contributed by atoms with van der Waals surface area (Å²) in [5.74, 6) is 0. The Morgan fingerprint density at radius 2 is 1.77 bits per heavy atom. The highest BCUT2D eigenvalue weighted by Crippen LogP contribution is 2.30. The van der Waals surface area contributed by atoms with Crippen LogP contribution in [0.1, 0.15) is 16.8 Å². The van der Waals surface area contributed by atoms with Crippen LogP contribution in [0, 0.1) is 6.92 Å². The van der Waals surface area contributed by atoms with Crippen LogP contribution < -0.4 is 0 Å². The summed E-state index contributed by atoms with van der Waals surface area (Å²) < 4.78 is 39.4. The molecule has 0 unspecified atom stereocenters. The van der Waals surface area contributed by atoms with Crippen LogP contribution in [0.2, 0.25) is 0 Å². The number of aryl methyl sites for hydroxylation is 1. The molecular weight excluding hydrogens is 293 g/mol. The van der Waals surface area contributed by atoms with Crippen molar-refractivity contribution in [2.45, 2.75) is 19.7 Å². The standard InChI is InChI=1S/C16H13F3N2O/c1-10-2-7-15-13(8-10)14(9-22)20-21(15)12-5-3-11(4-6-12)16(17,18)19/h2-8,22H,9H2,1H3. The SMILES string of the molecule is Cc1ccc2c(c1)c(CO)nn2-c1ccc(C(F)(F)F)cc1. The molecule has 0 fully saturated rings. The summed E-state index contributed by atoms with van der Waals surface area (Å²) in [6.45, 7) is 1.70. The first-order chi connectivity index (χ1) is 10.4. The van der Waals surface area contributed by atoms with Crippen molar-refractivity contribution in [1.29, 1.82) is 0 Å². The number of hydrogen-bond donors (Lipinski definition) is 1. The zero-order chi connectivity index (χ0) is 15.9. The number of nitrogens with zero attached hydrogens (tertiary/aromatic N) is 2. The summed E-state index contributed by atoms with van der Waals surface area (Å²) >= 11 is 0. The van der Waals surface area contributed by atoms with Crippen molar-refractivity contribution in [3.8, 4) is 5.69 Å². The van der Waals surface area contributed by atoms with Crippen molar-refractivity contribution in [2.24, 2.45) is 0 Å². The topological polar surface area (TPSA) is 38.1 Å². The number of aliphatic hydroxyl groups excluding tert-OH is 1. The Morgan fingerprint density at radius 1 is 1.09 bits per heavy atom. The average Bonchev–Trinajstić information content (AvgIpc) is 2.84. The molecule has 0 bridgehead atoms. The second kappa shape index (κ2) is 5.14. The molecule has 0 atom stereocenters. The van der Waals surface area contributed by atoms with Crippen LogP contribution >= 0.6 is 0 Å². The molecule has 0 spiro atoms. The monoisotopic (exact) mass is 306 g/mol. The fourth-order valence-electron chi connectivity index (χ4n) is 2.40. The van der Waals surface area contributed by atoms with Gasteiger partial charge in [0.15, 0.2) is 0 Å². The Bertz CT molecular complexity index is 820. The van der Waals surface area contributed by atoms with Gasteiger partial charge >= 0.3 is 6.18 Å². The van der Waals surface area contributed by atoms with Gasteiger partial charge in [-0.2, -0.15) is 18.3 Å². The minimum Gasteiger partial charge on any atom is -0.390 e. The van der Waals surface area contributed by atoms with Gasteiger partial charge < -0.3 is 5.11 Å². The first-order valence-electron chi connectivity index (χ1n) is 6.67. The maximum absolute atomic E-state index is 12.6. The number of halogens is 3. The molecule has 0 amide bonds. The maximum atomic E-state index is 12.6. The molecule has 3 aromatic rings. The van der Waals surface area contributed by atoms with Gasteiger partial charge in [-0.25, -0.2) is 4.68 Å². The van der Waals surface area contributed by atoms with Crippen LogP contribution in [0.25, 0.3) is 16.6 Å². The fraction of sp³-hybridized carbons (Fsp3) is 0.188.